The second-order valence-corrected chi connectivity index (χ2v) is 8.60. The number of hydrogen-bond acceptors (Lipinski definition) is 6. The third kappa shape index (κ3) is 5.25. The van der Waals surface area contributed by atoms with Crippen LogP contribution in [0.2, 0.25) is 0 Å². The highest BCUT2D eigenvalue weighted by Gasteiger charge is 2.34. The molecule has 0 unspecified atom stereocenters. The van der Waals surface area contributed by atoms with E-state index in [-0.39, 0.29) is 6.61 Å². The number of aliphatic hydroxyl groups excluding tert-OH is 1. The Hall–Kier alpha value is -1.73. The van der Waals surface area contributed by atoms with Crippen LogP contribution in [0, 0.1) is 5.92 Å². The van der Waals surface area contributed by atoms with Gasteiger partial charge in [-0.05, 0) is 32.2 Å². The molecule has 0 aliphatic carbocycles. The van der Waals surface area contributed by atoms with Gasteiger partial charge < -0.3 is 14.5 Å². The third-order valence-corrected chi connectivity index (χ3v) is 6.53. The number of aliphatic hydroxyl groups is 1. The molecule has 0 amide bonds. The van der Waals surface area contributed by atoms with Crippen molar-refractivity contribution in [1.29, 1.82) is 0 Å². The molecule has 158 valence electrons. The summed E-state index contributed by atoms with van der Waals surface area (Å²) in [6.45, 7) is 7.91. The number of likely N-dealkylation sites (tertiary alicyclic amines) is 1. The van der Waals surface area contributed by atoms with Crippen LogP contribution in [-0.2, 0) is 6.54 Å². The minimum absolute atomic E-state index is 0.286. The van der Waals surface area contributed by atoms with Gasteiger partial charge in [0.15, 0.2) is 5.76 Å². The Morgan fingerprint density at radius 1 is 1.10 bits per heavy atom. The van der Waals surface area contributed by atoms with Gasteiger partial charge >= 0.3 is 0 Å². The van der Waals surface area contributed by atoms with Crippen LogP contribution < -0.4 is 0 Å². The molecule has 0 saturated carbocycles. The number of likely N-dealkylation sites (N-methyl/N-ethyl adjacent to an activating group) is 1. The van der Waals surface area contributed by atoms with Crippen molar-refractivity contribution in [2.75, 3.05) is 52.9 Å². The van der Waals surface area contributed by atoms with Gasteiger partial charge in [-0.2, -0.15) is 0 Å². The summed E-state index contributed by atoms with van der Waals surface area (Å²) in [4.78, 5) is 7.62. The van der Waals surface area contributed by atoms with Crippen LogP contribution in [0.25, 0.3) is 11.3 Å². The van der Waals surface area contributed by atoms with E-state index in [1.165, 1.54) is 19.5 Å². The molecule has 1 N–H and O–H groups in total. The molecule has 3 heterocycles. The summed E-state index contributed by atoms with van der Waals surface area (Å²) >= 11 is 0. The molecule has 0 bridgehead atoms. The lowest BCUT2D eigenvalue weighted by Crippen LogP contribution is -2.56. The Bertz CT molecular complexity index is 742. The topological polar surface area (TPSA) is 56.0 Å². The standard InChI is InChI=1S/C23H34N4O2/c1-25-11-13-27(14-12-25)23-9-10-26(17-20(23)8-5-15-28)18-21-16-22(24-29-21)19-6-3-2-4-7-19/h2-4,6-7,16,20,23,28H,5,8-15,17-18H2,1H3/t20-,23+/m1/s1. The number of rotatable bonds is 7. The maximum atomic E-state index is 9.38. The summed E-state index contributed by atoms with van der Waals surface area (Å²) in [5.74, 6) is 1.54. The van der Waals surface area contributed by atoms with E-state index in [1.807, 2.05) is 18.2 Å². The Balaban J connectivity index is 1.38. The van der Waals surface area contributed by atoms with Crippen molar-refractivity contribution in [2.45, 2.75) is 31.8 Å². The molecule has 0 spiro atoms. The molecule has 4 rings (SSSR count). The lowest BCUT2D eigenvalue weighted by atomic mass is 9.86. The van der Waals surface area contributed by atoms with Gasteiger partial charge in [0, 0.05) is 63.5 Å². The van der Waals surface area contributed by atoms with Gasteiger partial charge in [0.25, 0.3) is 0 Å². The van der Waals surface area contributed by atoms with Crippen molar-refractivity contribution in [2.24, 2.45) is 5.92 Å². The fraction of sp³-hybridized carbons (Fsp3) is 0.609. The molecule has 2 aliphatic rings. The predicted octanol–water partition coefficient (Wildman–Crippen LogP) is 2.55. The lowest BCUT2D eigenvalue weighted by Gasteiger charge is -2.46. The van der Waals surface area contributed by atoms with Crippen molar-refractivity contribution in [1.82, 2.24) is 19.9 Å². The molecule has 2 aliphatic heterocycles. The Morgan fingerprint density at radius 2 is 1.90 bits per heavy atom. The minimum Gasteiger partial charge on any atom is -0.396 e. The van der Waals surface area contributed by atoms with Crippen molar-refractivity contribution >= 4 is 0 Å². The first-order valence-corrected chi connectivity index (χ1v) is 11.0. The fourth-order valence-electron chi connectivity index (χ4n) is 4.86. The molecule has 0 radical (unpaired) electrons. The zero-order valence-corrected chi connectivity index (χ0v) is 17.5. The van der Waals surface area contributed by atoms with Gasteiger partial charge in [0.05, 0.1) is 6.54 Å². The summed E-state index contributed by atoms with van der Waals surface area (Å²) in [7, 11) is 2.21. The lowest BCUT2D eigenvalue weighted by molar-refractivity contribution is 0.0189. The molecule has 2 aromatic rings. The first-order valence-electron chi connectivity index (χ1n) is 11.0. The molecule has 29 heavy (non-hydrogen) atoms. The van der Waals surface area contributed by atoms with E-state index in [4.69, 9.17) is 4.52 Å². The minimum atomic E-state index is 0.286. The summed E-state index contributed by atoms with van der Waals surface area (Å²) in [5, 5.41) is 13.7. The van der Waals surface area contributed by atoms with Crippen LogP contribution >= 0.6 is 0 Å². The Morgan fingerprint density at radius 3 is 2.66 bits per heavy atom. The largest absolute Gasteiger partial charge is 0.396 e. The summed E-state index contributed by atoms with van der Waals surface area (Å²) < 4.78 is 5.65. The van der Waals surface area contributed by atoms with Crippen LogP contribution in [0.5, 0.6) is 0 Å². The first-order chi connectivity index (χ1) is 14.2. The predicted molar refractivity (Wildman–Crippen MR) is 115 cm³/mol. The van der Waals surface area contributed by atoms with E-state index < -0.39 is 0 Å². The van der Waals surface area contributed by atoms with Crippen LogP contribution in [0.1, 0.15) is 25.0 Å². The SMILES string of the molecule is CN1CCN([C@H]2CCN(Cc3cc(-c4ccccc4)no3)C[C@H]2CCCO)CC1. The summed E-state index contributed by atoms with van der Waals surface area (Å²) in [6, 6.07) is 12.9. The van der Waals surface area contributed by atoms with Gasteiger partial charge in [-0.15, -0.1) is 0 Å². The highest BCUT2D eigenvalue weighted by molar-refractivity contribution is 5.58. The van der Waals surface area contributed by atoms with Crippen molar-refractivity contribution in [3.05, 3.63) is 42.2 Å². The Kier molecular flexibility index (Phi) is 6.98. The monoisotopic (exact) mass is 398 g/mol. The van der Waals surface area contributed by atoms with Crippen molar-refractivity contribution in [3.63, 3.8) is 0 Å². The van der Waals surface area contributed by atoms with Gasteiger partial charge in [-0.25, -0.2) is 0 Å². The molecule has 2 fully saturated rings. The van der Waals surface area contributed by atoms with E-state index >= 15 is 0 Å². The van der Waals surface area contributed by atoms with Crippen LogP contribution in [0.4, 0.5) is 0 Å². The maximum Gasteiger partial charge on any atom is 0.151 e. The van der Waals surface area contributed by atoms with Gasteiger partial charge in [-0.3, -0.25) is 9.80 Å². The van der Waals surface area contributed by atoms with Crippen molar-refractivity contribution in [3.8, 4) is 11.3 Å². The zero-order chi connectivity index (χ0) is 20.1. The molecule has 2 saturated heterocycles. The van der Waals surface area contributed by atoms with E-state index in [2.05, 4.69) is 45.1 Å². The first kappa shape index (κ1) is 20.5. The maximum absolute atomic E-state index is 9.38. The second-order valence-electron chi connectivity index (χ2n) is 8.60. The molecule has 6 heteroatoms. The zero-order valence-electron chi connectivity index (χ0n) is 17.5. The number of hydrogen-bond donors (Lipinski definition) is 1. The third-order valence-electron chi connectivity index (χ3n) is 6.53. The smallest absolute Gasteiger partial charge is 0.151 e. The van der Waals surface area contributed by atoms with Gasteiger partial charge in [0.1, 0.15) is 5.69 Å². The average molecular weight is 399 g/mol. The number of benzene rings is 1. The van der Waals surface area contributed by atoms with Crippen molar-refractivity contribution < 1.29 is 9.63 Å². The van der Waals surface area contributed by atoms with Gasteiger partial charge in [-0.1, -0.05) is 35.5 Å². The average Bonchev–Trinajstić information content (AvgIpc) is 3.22. The highest BCUT2D eigenvalue weighted by Crippen LogP contribution is 2.28. The molecule has 6 nitrogen and oxygen atoms in total. The molecular weight excluding hydrogens is 364 g/mol. The van der Waals surface area contributed by atoms with E-state index in [1.54, 1.807) is 0 Å². The summed E-state index contributed by atoms with van der Waals surface area (Å²) in [5.41, 5.74) is 2.00. The normalized spacial score (nSPS) is 24.8. The van der Waals surface area contributed by atoms with Crippen LogP contribution in [0.3, 0.4) is 0 Å². The summed E-state index contributed by atoms with van der Waals surface area (Å²) in [6.07, 6.45) is 3.18. The Labute approximate surface area is 174 Å². The fourth-order valence-corrected chi connectivity index (χ4v) is 4.86. The number of piperazine rings is 1. The van der Waals surface area contributed by atoms with E-state index in [0.717, 1.165) is 62.6 Å². The van der Waals surface area contributed by atoms with Crippen LogP contribution in [-0.4, -0.2) is 83.9 Å². The molecule has 1 aromatic heterocycles. The highest BCUT2D eigenvalue weighted by atomic mass is 16.5. The quantitative estimate of drug-likeness (QED) is 0.774. The van der Waals surface area contributed by atoms with Gasteiger partial charge in [0.2, 0.25) is 0 Å². The molecule has 2 atom stereocenters. The van der Waals surface area contributed by atoms with Crippen LogP contribution in [0.15, 0.2) is 40.9 Å². The second kappa shape index (κ2) is 9.85. The van der Waals surface area contributed by atoms with E-state index in [0.29, 0.717) is 12.0 Å². The number of aromatic nitrogens is 1. The van der Waals surface area contributed by atoms with E-state index in [9.17, 15) is 5.11 Å². The molecular formula is C23H34N4O2. The molecule has 1 aromatic carbocycles. The number of piperidine rings is 1. The number of nitrogens with zero attached hydrogens (tertiary/aromatic N) is 4.